The number of nitrogens with one attached hydrogen (secondary N) is 1. The van der Waals surface area contributed by atoms with Crippen molar-refractivity contribution in [3.63, 3.8) is 0 Å². The summed E-state index contributed by atoms with van der Waals surface area (Å²) in [4.78, 5) is 29.5. The first kappa shape index (κ1) is 28.4. The van der Waals surface area contributed by atoms with E-state index in [2.05, 4.69) is 36.2 Å². The van der Waals surface area contributed by atoms with E-state index in [1.165, 1.54) is 0 Å². The molecule has 1 aliphatic heterocycles. The molecule has 7 nitrogen and oxygen atoms in total. The van der Waals surface area contributed by atoms with Crippen LogP contribution in [-0.2, 0) is 19.1 Å². The van der Waals surface area contributed by atoms with Gasteiger partial charge in [-0.05, 0) is 75.4 Å². The molecule has 2 aromatic carbocycles. The number of methoxy groups -OCH3 is 1. The zero-order valence-electron chi connectivity index (χ0n) is 23.7. The Hall–Kier alpha value is -3.58. The Morgan fingerprint density at radius 2 is 1.62 bits per heavy atom. The maximum absolute atomic E-state index is 13.8. The third-order valence-electron chi connectivity index (χ3n) is 7.65. The highest BCUT2D eigenvalue weighted by atomic mass is 16.6. The highest BCUT2D eigenvalue weighted by Gasteiger charge is 2.41. The average Bonchev–Trinajstić information content (AvgIpc) is 2.95. The number of ketones is 1. The van der Waals surface area contributed by atoms with Crippen molar-refractivity contribution >= 4 is 17.4 Å². The summed E-state index contributed by atoms with van der Waals surface area (Å²) < 4.78 is 16.3. The fourth-order valence-electron chi connectivity index (χ4n) is 5.64. The number of Topliss-reactive ketones (excluding diaryl/α,β-unsaturated/α-hetero) is 1. The van der Waals surface area contributed by atoms with E-state index in [1.807, 2.05) is 50.2 Å². The molecular weight excluding hydrogens is 492 g/mol. The van der Waals surface area contributed by atoms with Gasteiger partial charge in [-0.15, -0.1) is 0 Å². The lowest BCUT2D eigenvalue weighted by atomic mass is 9.71. The van der Waals surface area contributed by atoms with Gasteiger partial charge in [-0.2, -0.15) is 0 Å². The number of benzene rings is 2. The molecule has 0 unspecified atom stereocenters. The van der Waals surface area contributed by atoms with Crippen LogP contribution in [0.5, 0.6) is 5.75 Å². The van der Waals surface area contributed by atoms with Crippen LogP contribution >= 0.6 is 0 Å². The van der Waals surface area contributed by atoms with Crippen LogP contribution in [0.2, 0.25) is 0 Å². The molecule has 208 valence electrons. The van der Waals surface area contributed by atoms with Gasteiger partial charge in [0.15, 0.2) is 5.78 Å². The van der Waals surface area contributed by atoms with Crippen LogP contribution < -0.4 is 15.0 Å². The monoisotopic (exact) mass is 532 g/mol. The van der Waals surface area contributed by atoms with Crippen molar-refractivity contribution in [3.05, 3.63) is 82.2 Å². The first-order chi connectivity index (χ1) is 18.9. The smallest absolute Gasteiger partial charge is 0.336 e. The number of hydrogen-bond acceptors (Lipinski definition) is 7. The summed E-state index contributed by atoms with van der Waals surface area (Å²) in [5.41, 5.74) is 5.87. The van der Waals surface area contributed by atoms with E-state index in [4.69, 9.17) is 14.2 Å². The maximum Gasteiger partial charge on any atom is 0.336 e. The lowest BCUT2D eigenvalue weighted by molar-refractivity contribution is -0.140. The number of nitrogens with zero attached hydrogens (tertiary/aromatic N) is 1. The summed E-state index contributed by atoms with van der Waals surface area (Å²) >= 11 is 0. The molecule has 0 saturated carbocycles. The topological polar surface area (TPSA) is 77.1 Å². The quantitative estimate of drug-likeness (QED) is 0.303. The van der Waals surface area contributed by atoms with Gasteiger partial charge in [0.2, 0.25) is 0 Å². The van der Waals surface area contributed by atoms with Crippen molar-refractivity contribution in [1.29, 1.82) is 0 Å². The number of rotatable bonds is 11. The second-order valence-corrected chi connectivity index (χ2v) is 9.89. The molecular formula is C32H40N2O5. The zero-order valence-corrected chi connectivity index (χ0v) is 23.7. The summed E-state index contributed by atoms with van der Waals surface area (Å²) in [7, 11) is 1.64. The Morgan fingerprint density at radius 1 is 0.949 bits per heavy atom. The number of anilines is 1. The molecule has 2 aliphatic rings. The van der Waals surface area contributed by atoms with Crippen molar-refractivity contribution in [2.24, 2.45) is 0 Å². The van der Waals surface area contributed by atoms with Gasteiger partial charge in [0.1, 0.15) is 12.4 Å². The second-order valence-electron chi connectivity index (χ2n) is 9.89. The summed E-state index contributed by atoms with van der Waals surface area (Å²) in [5, 5.41) is 3.42. The molecule has 1 aliphatic carbocycles. The van der Waals surface area contributed by atoms with Crippen molar-refractivity contribution in [3.8, 4) is 5.75 Å². The molecule has 2 aromatic rings. The summed E-state index contributed by atoms with van der Waals surface area (Å²) in [6.07, 6.45) is 1.07. The van der Waals surface area contributed by atoms with E-state index in [9.17, 15) is 9.59 Å². The normalized spacial score (nSPS) is 18.9. The average molecular weight is 533 g/mol. The standard InChI is InChI=1S/C32H40N2O5/c1-6-34(7-2)25-13-9-23(10-14-25)30-29(32(36)39-18-17-38-8-3)21(4)33-27-19-24(20-28(35)31(27)30)22-11-15-26(37-5)16-12-22/h9-16,24,30,33H,6-8,17-20H2,1-5H3/t24-,30-/m1/s1. The number of ether oxygens (including phenoxy) is 3. The maximum atomic E-state index is 13.8. The predicted octanol–water partition coefficient (Wildman–Crippen LogP) is 5.48. The number of hydrogen-bond donors (Lipinski definition) is 1. The van der Waals surface area contributed by atoms with E-state index in [0.29, 0.717) is 37.2 Å². The van der Waals surface area contributed by atoms with E-state index >= 15 is 0 Å². The van der Waals surface area contributed by atoms with Crippen LogP contribution in [0.25, 0.3) is 0 Å². The van der Waals surface area contributed by atoms with Gasteiger partial charge >= 0.3 is 5.97 Å². The van der Waals surface area contributed by atoms with Gasteiger partial charge < -0.3 is 24.4 Å². The molecule has 7 heteroatoms. The van der Waals surface area contributed by atoms with Gasteiger partial charge in [0, 0.05) is 54.7 Å². The van der Waals surface area contributed by atoms with Crippen LogP contribution in [0, 0.1) is 0 Å². The van der Waals surface area contributed by atoms with Gasteiger partial charge in [0.05, 0.1) is 19.3 Å². The third kappa shape index (κ3) is 6.19. The van der Waals surface area contributed by atoms with Gasteiger partial charge in [0.25, 0.3) is 0 Å². The fourth-order valence-corrected chi connectivity index (χ4v) is 5.64. The molecule has 0 saturated heterocycles. The lowest BCUT2D eigenvalue weighted by Gasteiger charge is -2.37. The Labute approximate surface area is 231 Å². The van der Waals surface area contributed by atoms with Crippen LogP contribution in [0.15, 0.2) is 71.1 Å². The zero-order chi connectivity index (χ0) is 27.9. The third-order valence-corrected chi connectivity index (χ3v) is 7.65. The Morgan fingerprint density at radius 3 is 2.23 bits per heavy atom. The molecule has 39 heavy (non-hydrogen) atoms. The number of allylic oxidation sites excluding steroid dienone is 3. The Bertz CT molecular complexity index is 1230. The van der Waals surface area contributed by atoms with Gasteiger partial charge in [-0.25, -0.2) is 4.79 Å². The minimum absolute atomic E-state index is 0.0489. The summed E-state index contributed by atoms with van der Waals surface area (Å²) in [5.74, 6) is -0.0246. The SMILES string of the molecule is CCOCCOC(=O)C1=C(C)NC2=C(C(=O)C[C@H](c3ccc(OC)cc3)C2)[C@@H]1c1ccc(N(CC)CC)cc1. The fraction of sp³-hybridized carbons (Fsp3) is 0.438. The predicted molar refractivity (Wildman–Crippen MR) is 153 cm³/mol. The molecule has 0 bridgehead atoms. The molecule has 1 N–H and O–H groups in total. The molecule has 0 amide bonds. The van der Waals surface area contributed by atoms with Crippen molar-refractivity contribution in [2.75, 3.05) is 44.9 Å². The summed E-state index contributed by atoms with van der Waals surface area (Å²) in [6, 6.07) is 16.1. The number of carbonyl (C=O) groups excluding carboxylic acids is 2. The first-order valence-electron chi connectivity index (χ1n) is 13.9. The minimum atomic E-state index is -0.490. The molecule has 0 aromatic heterocycles. The van der Waals surface area contributed by atoms with E-state index in [0.717, 1.165) is 47.0 Å². The van der Waals surface area contributed by atoms with Crippen LogP contribution in [0.1, 0.15) is 63.5 Å². The molecule has 0 radical (unpaired) electrons. The highest BCUT2D eigenvalue weighted by molar-refractivity contribution is 6.04. The molecule has 0 spiro atoms. The van der Waals surface area contributed by atoms with Gasteiger partial charge in [-0.3, -0.25) is 4.79 Å². The number of esters is 1. The Balaban J connectivity index is 1.70. The number of dihydropyridines is 1. The van der Waals surface area contributed by atoms with E-state index in [-0.39, 0.29) is 18.3 Å². The van der Waals surface area contributed by atoms with Crippen molar-refractivity contribution < 1.29 is 23.8 Å². The largest absolute Gasteiger partial charge is 0.497 e. The highest BCUT2D eigenvalue weighted by Crippen LogP contribution is 2.46. The summed E-state index contributed by atoms with van der Waals surface area (Å²) in [6.45, 7) is 10.9. The van der Waals surface area contributed by atoms with Crippen LogP contribution in [0.4, 0.5) is 5.69 Å². The Kier molecular flexibility index (Phi) is 9.46. The van der Waals surface area contributed by atoms with Crippen LogP contribution in [-0.4, -0.2) is 51.8 Å². The molecule has 0 fully saturated rings. The van der Waals surface area contributed by atoms with Crippen LogP contribution in [0.3, 0.4) is 0 Å². The minimum Gasteiger partial charge on any atom is -0.497 e. The van der Waals surface area contributed by atoms with E-state index in [1.54, 1.807) is 7.11 Å². The first-order valence-corrected chi connectivity index (χ1v) is 13.9. The molecule has 2 atom stereocenters. The van der Waals surface area contributed by atoms with Crippen molar-refractivity contribution in [1.82, 2.24) is 5.32 Å². The van der Waals surface area contributed by atoms with E-state index < -0.39 is 11.9 Å². The molecule has 4 rings (SSSR count). The second kappa shape index (κ2) is 13.0. The van der Waals surface area contributed by atoms with Crippen molar-refractivity contribution in [2.45, 2.75) is 52.4 Å². The van der Waals surface area contributed by atoms with Gasteiger partial charge in [-0.1, -0.05) is 24.3 Å². The number of carbonyl (C=O) groups is 2. The lowest BCUT2D eigenvalue weighted by Crippen LogP contribution is -2.36. The molecule has 1 heterocycles.